The van der Waals surface area contributed by atoms with Crippen LogP contribution in [0.5, 0.6) is 0 Å². The van der Waals surface area contributed by atoms with E-state index in [9.17, 15) is 9.59 Å². The van der Waals surface area contributed by atoms with Crippen LogP contribution in [0.3, 0.4) is 0 Å². The summed E-state index contributed by atoms with van der Waals surface area (Å²) in [6.45, 7) is 12.2. The summed E-state index contributed by atoms with van der Waals surface area (Å²) < 4.78 is 11.0. The number of aromatic nitrogens is 1. The molecule has 2 saturated heterocycles. The number of halogens is 1. The van der Waals surface area contributed by atoms with E-state index in [1.54, 1.807) is 6.07 Å². The Morgan fingerprint density at radius 3 is 2.42 bits per heavy atom. The number of esters is 1. The van der Waals surface area contributed by atoms with Crippen molar-refractivity contribution >= 4 is 33.7 Å². The molecule has 9 heteroatoms. The van der Waals surface area contributed by atoms with Crippen LogP contribution >= 0.6 is 15.9 Å². The average molecular weight is 525 g/mol. The number of anilines is 1. The lowest BCUT2D eigenvalue weighted by atomic mass is 9.97. The van der Waals surface area contributed by atoms with E-state index in [0.29, 0.717) is 22.4 Å². The molecule has 3 rings (SSSR count). The molecule has 184 valence electrons. The molecule has 0 spiro atoms. The quantitative estimate of drug-likeness (QED) is 0.419. The molecule has 0 radical (unpaired) electrons. The molecule has 0 aromatic carbocycles. The van der Waals surface area contributed by atoms with E-state index in [1.807, 2.05) is 31.7 Å². The predicted octanol–water partition coefficient (Wildman–Crippen LogP) is 4.32. The van der Waals surface area contributed by atoms with Gasteiger partial charge in [0.05, 0.1) is 12.8 Å². The number of carbonyl (C=O) groups excluding carboxylic acids is 2. The molecule has 8 nitrogen and oxygen atoms in total. The Bertz CT molecular complexity index is 836. The zero-order valence-electron chi connectivity index (χ0n) is 20.5. The molecule has 2 aliphatic rings. The Morgan fingerprint density at radius 1 is 1.15 bits per heavy atom. The number of hydrogen-bond donors (Lipinski definition) is 0. The predicted molar refractivity (Wildman–Crippen MR) is 132 cm³/mol. The molecule has 0 N–H and O–H groups in total. The minimum absolute atomic E-state index is 0.205. The van der Waals surface area contributed by atoms with Crippen molar-refractivity contribution in [2.75, 3.05) is 44.7 Å². The number of methoxy groups -OCH3 is 1. The normalized spacial score (nSPS) is 20.6. The lowest BCUT2D eigenvalue weighted by molar-refractivity contribution is 0.00914. The SMILES string of the molecule is CCC[C@H]1CN(c2ccc(C(=O)OC)nc2Br)CCN1C1CCN(C(=O)OC(C)(C)C)CC1. The number of likely N-dealkylation sites (tertiary alicyclic amines) is 1. The molecule has 0 saturated carbocycles. The van der Waals surface area contributed by atoms with Crippen molar-refractivity contribution in [2.45, 2.75) is 71.1 Å². The molecule has 1 aromatic heterocycles. The van der Waals surface area contributed by atoms with Crippen LogP contribution in [-0.4, -0.2) is 84.4 Å². The van der Waals surface area contributed by atoms with E-state index < -0.39 is 11.6 Å². The largest absolute Gasteiger partial charge is 0.464 e. The van der Waals surface area contributed by atoms with Crippen molar-refractivity contribution in [3.05, 3.63) is 22.4 Å². The summed E-state index contributed by atoms with van der Waals surface area (Å²) in [4.78, 5) is 35.4. The van der Waals surface area contributed by atoms with E-state index in [4.69, 9.17) is 9.47 Å². The van der Waals surface area contributed by atoms with Gasteiger partial charge in [-0.15, -0.1) is 0 Å². The highest BCUT2D eigenvalue weighted by atomic mass is 79.9. The molecule has 0 unspecified atom stereocenters. The summed E-state index contributed by atoms with van der Waals surface area (Å²) in [7, 11) is 1.36. The topological polar surface area (TPSA) is 75.2 Å². The van der Waals surface area contributed by atoms with Gasteiger partial charge in [0.2, 0.25) is 0 Å². The lowest BCUT2D eigenvalue weighted by Gasteiger charge is -2.48. The van der Waals surface area contributed by atoms with Crippen LogP contribution in [-0.2, 0) is 9.47 Å². The van der Waals surface area contributed by atoms with Gasteiger partial charge in [-0.3, -0.25) is 4.90 Å². The fraction of sp³-hybridized carbons (Fsp3) is 0.708. The van der Waals surface area contributed by atoms with Crippen LogP contribution in [0, 0.1) is 0 Å². The zero-order valence-corrected chi connectivity index (χ0v) is 22.1. The standard InChI is InChI=1S/C24H37BrN4O4/c1-6-7-18-16-28(20-9-8-19(22(30)32-5)26-21(20)25)14-15-29(18)17-10-12-27(13-11-17)23(31)33-24(2,3)4/h8-9,17-18H,6-7,10-16H2,1-5H3/t18-/m0/s1. The van der Waals surface area contributed by atoms with Gasteiger partial charge in [0.25, 0.3) is 0 Å². The van der Waals surface area contributed by atoms with E-state index in [-0.39, 0.29) is 6.09 Å². The Hall–Kier alpha value is -1.87. The van der Waals surface area contributed by atoms with Crippen LogP contribution in [0.4, 0.5) is 10.5 Å². The fourth-order valence-corrected chi connectivity index (χ4v) is 5.32. The Morgan fingerprint density at radius 2 is 1.85 bits per heavy atom. The van der Waals surface area contributed by atoms with E-state index in [2.05, 4.69) is 37.6 Å². The second kappa shape index (κ2) is 11.0. The first-order valence-corrected chi connectivity index (χ1v) is 12.7. The molecule has 0 bridgehead atoms. The highest BCUT2D eigenvalue weighted by Gasteiger charge is 2.35. The van der Waals surface area contributed by atoms with Crippen LogP contribution in [0.1, 0.15) is 63.9 Å². The van der Waals surface area contributed by atoms with Crippen molar-refractivity contribution in [2.24, 2.45) is 0 Å². The Balaban J connectivity index is 1.63. The van der Waals surface area contributed by atoms with Gasteiger partial charge < -0.3 is 19.3 Å². The number of piperazine rings is 1. The number of carbonyl (C=O) groups is 2. The number of pyridine rings is 1. The summed E-state index contributed by atoms with van der Waals surface area (Å²) in [5, 5.41) is 0. The summed E-state index contributed by atoms with van der Waals surface area (Å²) in [5.74, 6) is -0.436. The maximum absolute atomic E-state index is 12.4. The number of rotatable bonds is 5. The maximum atomic E-state index is 12.4. The highest BCUT2D eigenvalue weighted by Crippen LogP contribution is 2.30. The smallest absolute Gasteiger partial charge is 0.410 e. The molecule has 1 aromatic rings. The minimum atomic E-state index is -0.464. The number of piperidine rings is 1. The number of ether oxygens (including phenoxy) is 2. The summed E-state index contributed by atoms with van der Waals surface area (Å²) in [6.07, 6.45) is 3.97. The van der Waals surface area contributed by atoms with Gasteiger partial charge in [0.1, 0.15) is 15.9 Å². The first-order chi connectivity index (χ1) is 15.6. The average Bonchev–Trinajstić information content (AvgIpc) is 2.77. The third-order valence-corrected chi connectivity index (χ3v) is 6.88. The zero-order chi connectivity index (χ0) is 24.2. The van der Waals surface area contributed by atoms with Crippen molar-refractivity contribution < 1.29 is 19.1 Å². The molecule has 33 heavy (non-hydrogen) atoms. The number of nitrogens with zero attached hydrogens (tertiary/aromatic N) is 4. The van der Waals surface area contributed by atoms with Crippen molar-refractivity contribution in [3.8, 4) is 0 Å². The molecule has 3 heterocycles. The molecule has 1 atom stereocenters. The third-order valence-electron chi connectivity index (χ3n) is 6.30. The molecular weight excluding hydrogens is 488 g/mol. The maximum Gasteiger partial charge on any atom is 0.410 e. The van der Waals surface area contributed by atoms with Crippen molar-refractivity contribution in [3.63, 3.8) is 0 Å². The van der Waals surface area contributed by atoms with Gasteiger partial charge in [-0.25, -0.2) is 14.6 Å². The first kappa shape index (κ1) is 25.7. The van der Waals surface area contributed by atoms with Crippen LogP contribution in [0.2, 0.25) is 0 Å². The van der Waals surface area contributed by atoms with Gasteiger partial charge in [-0.1, -0.05) is 13.3 Å². The summed E-state index contributed by atoms with van der Waals surface area (Å²) in [6, 6.07) is 4.58. The Labute approximate surface area is 205 Å². The fourth-order valence-electron chi connectivity index (χ4n) is 4.75. The second-order valence-electron chi connectivity index (χ2n) is 9.82. The van der Waals surface area contributed by atoms with E-state index in [1.165, 1.54) is 7.11 Å². The second-order valence-corrected chi connectivity index (χ2v) is 10.6. The van der Waals surface area contributed by atoms with Crippen molar-refractivity contribution in [1.82, 2.24) is 14.8 Å². The minimum Gasteiger partial charge on any atom is -0.464 e. The van der Waals surface area contributed by atoms with Crippen LogP contribution < -0.4 is 4.90 Å². The molecule has 2 fully saturated rings. The first-order valence-electron chi connectivity index (χ1n) is 11.9. The van der Waals surface area contributed by atoms with E-state index >= 15 is 0 Å². The molecule has 1 amide bonds. The third kappa shape index (κ3) is 6.59. The lowest BCUT2D eigenvalue weighted by Crippen LogP contribution is -2.59. The number of hydrogen-bond acceptors (Lipinski definition) is 7. The summed E-state index contributed by atoms with van der Waals surface area (Å²) >= 11 is 3.55. The van der Waals surface area contributed by atoms with Gasteiger partial charge in [0.15, 0.2) is 0 Å². The van der Waals surface area contributed by atoms with Crippen LogP contribution in [0.25, 0.3) is 0 Å². The van der Waals surface area contributed by atoms with E-state index in [0.717, 1.165) is 64.1 Å². The summed E-state index contributed by atoms with van der Waals surface area (Å²) in [5.41, 5.74) is 0.839. The van der Waals surface area contributed by atoms with Gasteiger partial charge >= 0.3 is 12.1 Å². The van der Waals surface area contributed by atoms with Crippen LogP contribution in [0.15, 0.2) is 16.7 Å². The van der Waals surface area contributed by atoms with Crippen molar-refractivity contribution in [1.29, 1.82) is 0 Å². The molecular formula is C24H37BrN4O4. The highest BCUT2D eigenvalue weighted by molar-refractivity contribution is 9.10. The number of amides is 1. The monoisotopic (exact) mass is 524 g/mol. The molecule has 0 aliphatic carbocycles. The van der Waals surface area contributed by atoms with Gasteiger partial charge in [-0.2, -0.15) is 0 Å². The van der Waals surface area contributed by atoms with Gasteiger partial charge in [-0.05, 0) is 68.1 Å². The van der Waals surface area contributed by atoms with Gasteiger partial charge in [0, 0.05) is 44.8 Å². The molecule has 2 aliphatic heterocycles. The Kier molecular flexibility index (Phi) is 8.61.